The van der Waals surface area contributed by atoms with Crippen LogP contribution in [0.25, 0.3) is 0 Å². The van der Waals surface area contributed by atoms with Gasteiger partial charge in [0.25, 0.3) is 0 Å². The Labute approximate surface area is 177 Å². The van der Waals surface area contributed by atoms with Crippen molar-refractivity contribution >= 4 is 29.9 Å². The number of guanidine groups is 1. The first kappa shape index (κ1) is 21.3. The summed E-state index contributed by atoms with van der Waals surface area (Å²) in [5.41, 5.74) is 7.72. The van der Waals surface area contributed by atoms with Crippen LogP contribution in [0.4, 0.5) is 0 Å². The van der Waals surface area contributed by atoms with E-state index in [1.807, 2.05) is 63.2 Å². The van der Waals surface area contributed by atoms with E-state index in [0.29, 0.717) is 25.0 Å². The van der Waals surface area contributed by atoms with E-state index in [0.717, 1.165) is 23.4 Å². The van der Waals surface area contributed by atoms with Crippen LogP contribution in [0.15, 0.2) is 47.5 Å². The number of halogens is 1. The van der Waals surface area contributed by atoms with E-state index in [1.54, 1.807) is 0 Å². The Hall–Kier alpha value is -2.03. The molecule has 2 aromatic rings. The lowest BCUT2D eigenvalue weighted by Crippen LogP contribution is -2.37. The fourth-order valence-corrected chi connectivity index (χ4v) is 2.80. The molecule has 1 unspecified atom stereocenters. The van der Waals surface area contributed by atoms with E-state index in [2.05, 4.69) is 15.3 Å². The van der Waals surface area contributed by atoms with Crippen molar-refractivity contribution < 1.29 is 9.47 Å². The normalized spacial score (nSPS) is 16.6. The molecule has 27 heavy (non-hydrogen) atoms. The molecule has 6 nitrogen and oxygen atoms in total. The van der Waals surface area contributed by atoms with Gasteiger partial charge >= 0.3 is 0 Å². The summed E-state index contributed by atoms with van der Waals surface area (Å²) in [7, 11) is 0. The molecular formula is C20H27IN4O2. The highest BCUT2D eigenvalue weighted by molar-refractivity contribution is 14.0. The van der Waals surface area contributed by atoms with Crippen molar-refractivity contribution in [2.75, 3.05) is 6.61 Å². The van der Waals surface area contributed by atoms with Crippen molar-refractivity contribution in [2.24, 2.45) is 10.7 Å². The minimum Gasteiger partial charge on any atom is -0.493 e. The van der Waals surface area contributed by atoms with Crippen LogP contribution in [-0.2, 0) is 6.54 Å². The number of aromatic nitrogens is 1. The number of nitrogens with one attached hydrogen (secondary N) is 1. The number of ether oxygens (including phenoxy) is 2. The van der Waals surface area contributed by atoms with Crippen LogP contribution in [0.5, 0.6) is 11.6 Å². The first-order chi connectivity index (χ1) is 12.4. The smallest absolute Gasteiger partial charge is 0.214 e. The molecule has 0 saturated heterocycles. The zero-order valence-electron chi connectivity index (χ0n) is 15.9. The number of aliphatic imine (C=N–C) groups is 1. The zero-order valence-corrected chi connectivity index (χ0v) is 18.3. The van der Waals surface area contributed by atoms with E-state index in [4.69, 9.17) is 15.2 Å². The zero-order chi connectivity index (χ0) is 18.6. The average Bonchev–Trinajstić information content (AvgIpc) is 2.59. The van der Waals surface area contributed by atoms with E-state index in [1.165, 1.54) is 0 Å². The van der Waals surface area contributed by atoms with Crippen LogP contribution < -0.4 is 20.5 Å². The molecule has 0 saturated carbocycles. The standard InChI is InChI=1S/C20H26N4O2.HI/c1-20(2,3)26-18-10-6-7-14(23-18)13-22-19(21)24-16-11-12-25-17-9-5-4-8-15(16)17;/h4-10,16H,11-13H2,1-3H3,(H3,21,22,24);1H. The molecule has 0 radical (unpaired) electrons. The van der Waals surface area contributed by atoms with Gasteiger partial charge in [0.05, 0.1) is 24.9 Å². The Morgan fingerprint density at radius 2 is 2.04 bits per heavy atom. The highest BCUT2D eigenvalue weighted by atomic mass is 127. The van der Waals surface area contributed by atoms with Crippen LogP contribution in [0.1, 0.15) is 44.5 Å². The van der Waals surface area contributed by atoms with E-state index >= 15 is 0 Å². The van der Waals surface area contributed by atoms with E-state index in [9.17, 15) is 0 Å². The highest BCUT2D eigenvalue weighted by Crippen LogP contribution is 2.31. The van der Waals surface area contributed by atoms with Gasteiger partial charge in [0.2, 0.25) is 5.88 Å². The monoisotopic (exact) mass is 482 g/mol. The van der Waals surface area contributed by atoms with Crippen molar-refractivity contribution in [3.05, 3.63) is 53.7 Å². The molecule has 1 aromatic heterocycles. The Morgan fingerprint density at radius 3 is 2.81 bits per heavy atom. The third-order valence-corrected chi connectivity index (χ3v) is 3.88. The highest BCUT2D eigenvalue weighted by Gasteiger charge is 2.21. The topological polar surface area (TPSA) is 81.8 Å². The first-order valence-corrected chi connectivity index (χ1v) is 8.84. The Balaban J connectivity index is 0.00000261. The molecule has 1 aromatic carbocycles. The van der Waals surface area contributed by atoms with Gasteiger partial charge in [-0.1, -0.05) is 24.3 Å². The van der Waals surface area contributed by atoms with Crippen LogP contribution >= 0.6 is 24.0 Å². The molecule has 0 aliphatic carbocycles. The summed E-state index contributed by atoms with van der Waals surface area (Å²) < 4.78 is 11.5. The maximum Gasteiger partial charge on any atom is 0.214 e. The molecule has 146 valence electrons. The predicted molar refractivity (Wildman–Crippen MR) is 118 cm³/mol. The Morgan fingerprint density at radius 1 is 1.26 bits per heavy atom. The summed E-state index contributed by atoms with van der Waals surface area (Å²) in [4.78, 5) is 8.90. The van der Waals surface area contributed by atoms with Gasteiger partial charge in [-0.2, -0.15) is 0 Å². The summed E-state index contributed by atoms with van der Waals surface area (Å²) in [6.07, 6.45) is 0.848. The molecular weight excluding hydrogens is 455 g/mol. The molecule has 1 aliphatic rings. The molecule has 3 rings (SSSR count). The van der Waals surface area contributed by atoms with Crippen LogP contribution in [-0.4, -0.2) is 23.2 Å². The summed E-state index contributed by atoms with van der Waals surface area (Å²) in [5, 5.41) is 3.29. The number of fused-ring (bicyclic) bond motifs is 1. The fraction of sp³-hybridized carbons (Fsp3) is 0.400. The Bertz CT molecular complexity index is 790. The number of para-hydroxylation sites is 1. The number of benzene rings is 1. The molecule has 7 heteroatoms. The Kier molecular flexibility index (Phi) is 7.29. The van der Waals surface area contributed by atoms with E-state index in [-0.39, 0.29) is 35.6 Å². The average molecular weight is 482 g/mol. The predicted octanol–water partition coefficient (Wildman–Crippen LogP) is 3.81. The van der Waals surface area contributed by atoms with Crippen LogP contribution in [0.3, 0.4) is 0 Å². The fourth-order valence-electron chi connectivity index (χ4n) is 2.80. The first-order valence-electron chi connectivity index (χ1n) is 8.84. The van der Waals surface area contributed by atoms with Gasteiger partial charge in [-0.05, 0) is 32.9 Å². The SMILES string of the molecule is CC(C)(C)Oc1cccc(CN=C(N)NC2CCOc3ccccc32)n1.I. The molecule has 2 heterocycles. The third kappa shape index (κ3) is 6.27. The molecule has 0 bridgehead atoms. The second-order valence-electron chi connectivity index (χ2n) is 7.25. The summed E-state index contributed by atoms with van der Waals surface area (Å²) >= 11 is 0. The lowest BCUT2D eigenvalue weighted by molar-refractivity contribution is 0.124. The lowest BCUT2D eigenvalue weighted by atomic mass is 10.0. The maximum atomic E-state index is 6.09. The van der Waals surface area contributed by atoms with Crippen molar-refractivity contribution in [3.8, 4) is 11.6 Å². The van der Waals surface area contributed by atoms with Gasteiger partial charge in [-0.15, -0.1) is 24.0 Å². The molecule has 0 fully saturated rings. The molecule has 0 amide bonds. The van der Waals surface area contributed by atoms with Crippen molar-refractivity contribution in [1.29, 1.82) is 0 Å². The minimum absolute atomic E-state index is 0. The molecule has 0 spiro atoms. The number of hydrogen-bond donors (Lipinski definition) is 2. The second kappa shape index (κ2) is 9.25. The number of nitrogens with two attached hydrogens (primary N) is 1. The molecule has 1 aliphatic heterocycles. The van der Waals surface area contributed by atoms with Crippen LogP contribution in [0, 0.1) is 0 Å². The van der Waals surface area contributed by atoms with Gasteiger partial charge in [0.15, 0.2) is 5.96 Å². The minimum atomic E-state index is -0.286. The molecule has 1 atom stereocenters. The lowest BCUT2D eigenvalue weighted by Gasteiger charge is -2.26. The van der Waals surface area contributed by atoms with Crippen molar-refractivity contribution in [3.63, 3.8) is 0 Å². The van der Waals surface area contributed by atoms with E-state index < -0.39 is 0 Å². The van der Waals surface area contributed by atoms with Gasteiger partial charge in [0, 0.05) is 18.1 Å². The third-order valence-electron chi connectivity index (χ3n) is 3.88. The summed E-state index contributed by atoms with van der Waals surface area (Å²) in [6.45, 7) is 7.04. The maximum absolute atomic E-state index is 6.09. The van der Waals surface area contributed by atoms with Crippen molar-refractivity contribution in [1.82, 2.24) is 10.3 Å². The van der Waals surface area contributed by atoms with Gasteiger partial charge in [-0.3, -0.25) is 0 Å². The molecule has 3 N–H and O–H groups in total. The number of nitrogens with zero attached hydrogens (tertiary/aromatic N) is 2. The number of hydrogen-bond acceptors (Lipinski definition) is 4. The largest absolute Gasteiger partial charge is 0.493 e. The van der Waals surface area contributed by atoms with Gasteiger partial charge in [-0.25, -0.2) is 9.98 Å². The number of rotatable bonds is 4. The summed E-state index contributed by atoms with van der Waals surface area (Å²) in [6, 6.07) is 13.8. The quantitative estimate of drug-likeness (QED) is 0.394. The van der Waals surface area contributed by atoms with Gasteiger partial charge in [0.1, 0.15) is 11.4 Å². The second-order valence-corrected chi connectivity index (χ2v) is 7.25. The van der Waals surface area contributed by atoms with Crippen LogP contribution in [0.2, 0.25) is 0 Å². The number of pyridine rings is 1. The summed E-state index contributed by atoms with van der Waals surface area (Å²) in [5.74, 6) is 1.89. The van der Waals surface area contributed by atoms with Crippen molar-refractivity contribution in [2.45, 2.75) is 45.4 Å². The van der Waals surface area contributed by atoms with Gasteiger partial charge < -0.3 is 20.5 Å².